The number of thiophene rings is 1. The van der Waals surface area contributed by atoms with Gasteiger partial charge in [-0.15, -0.1) is 11.3 Å². The van der Waals surface area contributed by atoms with E-state index in [4.69, 9.17) is 4.42 Å². The van der Waals surface area contributed by atoms with Gasteiger partial charge in [-0.1, -0.05) is 78.9 Å². The molecule has 0 bridgehead atoms. The van der Waals surface area contributed by atoms with E-state index in [9.17, 15) is 10.5 Å². The number of rotatable bonds is 2. The van der Waals surface area contributed by atoms with Gasteiger partial charge in [0.15, 0.2) is 0 Å². The molecule has 0 N–H and O–H groups in total. The summed E-state index contributed by atoms with van der Waals surface area (Å²) in [6, 6.07) is 43.8. The largest absolute Gasteiger partial charge is 0.455 e. The Morgan fingerprint density at radius 3 is 2.23 bits per heavy atom. The first-order valence-electron chi connectivity index (χ1n) is 14.0. The van der Waals surface area contributed by atoms with Gasteiger partial charge < -0.3 is 8.98 Å². The molecule has 6 aromatic carbocycles. The molecule has 3 aromatic heterocycles. The van der Waals surface area contributed by atoms with Gasteiger partial charge in [-0.2, -0.15) is 10.5 Å². The first-order chi connectivity index (χ1) is 21.2. The van der Waals surface area contributed by atoms with Crippen LogP contribution < -0.4 is 0 Å². The minimum absolute atomic E-state index is 0.619. The molecule has 198 valence electrons. The predicted octanol–water partition coefficient (Wildman–Crippen LogP) is 10.5. The molecule has 0 radical (unpaired) electrons. The Morgan fingerprint density at radius 1 is 0.581 bits per heavy atom. The molecular formula is C38H19N3OS. The van der Waals surface area contributed by atoms with Crippen LogP contribution in [0.3, 0.4) is 0 Å². The number of nitriles is 2. The van der Waals surface area contributed by atoms with Crippen molar-refractivity contribution in [3.05, 3.63) is 126 Å². The zero-order valence-electron chi connectivity index (χ0n) is 22.6. The molecule has 43 heavy (non-hydrogen) atoms. The summed E-state index contributed by atoms with van der Waals surface area (Å²) in [6.07, 6.45) is 0. The fraction of sp³-hybridized carbons (Fsp3) is 0. The molecule has 0 amide bonds. The average molecular weight is 566 g/mol. The van der Waals surface area contributed by atoms with Crippen molar-refractivity contribution in [3.8, 4) is 29.0 Å². The maximum Gasteiger partial charge on any atom is 0.143 e. The fourth-order valence-corrected chi connectivity index (χ4v) is 7.93. The zero-order valence-corrected chi connectivity index (χ0v) is 23.4. The third kappa shape index (κ3) is 3.23. The van der Waals surface area contributed by atoms with Crippen molar-refractivity contribution in [3.63, 3.8) is 0 Å². The van der Waals surface area contributed by atoms with Crippen molar-refractivity contribution in [2.75, 3.05) is 0 Å². The van der Waals surface area contributed by atoms with Crippen molar-refractivity contribution >= 4 is 75.3 Å². The third-order valence-electron chi connectivity index (χ3n) is 8.48. The lowest BCUT2D eigenvalue weighted by molar-refractivity contribution is 0.670. The number of furan rings is 1. The monoisotopic (exact) mass is 565 g/mol. The summed E-state index contributed by atoms with van der Waals surface area (Å²) in [4.78, 5) is 0. The van der Waals surface area contributed by atoms with Crippen LogP contribution in [0.2, 0.25) is 0 Å². The standard InChI is InChI=1S/C38H19N3OS/c39-20-22-15-17-25-24-7-1-3-12-31(24)41(33(25)19-22)32-13-6-11-30-35-27(18-16-23(21-40)37(35)43-38(30)32)29-10-5-9-28-26-8-2-4-14-34(26)42-36(28)29/h1-19H. The molecule has 0 aliphatic rings. The normalized spacial score (nSPS) is 11.7. The molecule has 0 atom stereocenters. The van der Waals surface area contributed by atoms with Crippen LogP contribution in [0.15, 0.2) is 120 Å². The molecule has 4 nitrogen and oxygen atoms in total. The minimum Gasteiger partial charge on any atom is -0.455 e. The van der Waals surface area contributed by atoms with Crippen molar-refractivity contribution in [2.24, 2.45) is 0 Å². The van der Waals surface area contributed by atoms with Crippen LogP contribution >= 0.6 is 11.3 Å². The van der Waals surface area contributed by atoms with Crippen LogP contribution in [0.25, 0.3) is 80.7 Å². The SMILES string of the molecule is N#Cc1ccc2c3ccccc3n(-c3cccc4c3sc3c(C#N)ccc(-c5cccc6c5oc5ccccc56)c34)c2c1. The number of benzene rings is 6. The van der Waals surface area contributed by atoms with Gasteiger partial charge in [0.1, 0.15) is 17.2 Å². The Morgan fingerprint density at radius 2 is 1.35 bits per heavy atom. The number of nitrogens with zero attached hydrogens (tertiary/aromatic N) is 3. The van der Waals surface area contributed by atoms with Gasteiger partial charge in [0, 0.05) is 37.9 Å². The van der Waals surface area contributed by atoms with E-state index in [0.29, 0.717) is 11.1 Å². The van der Waals surface area contributed by atoms with Crippen LogP contribution in [-0.4, -0.2) is 4.57 Å². The topological polar surface area (TPSA) is 65.7 Å². The number of hydrogen-bond acceptors (Lipinski definition) is 4. The van der Waals surface area contributed by atoms with E-state index < -0.39 is 0 Å². The summed E-state index contributed by atoms with van der Waals surface area (Å²) < 4.78 is 10.7. The summed E-state index contributed by atoms with van der Waals surface area (Å²) in [5, 5.41) is 26.4. The molecule has 3 heterocycles. The average Bonchev–Trinajstić information content (AvgIpc) is 3.74. The van der Waals surface area contributed by atoms with Gasteiger partial charge in [0.2, 0.25) is 0 Å². The number of para-hydroxylation sites is 3. The van der Waals surface area contributed by atoms with E-state index in [1.807, 2.05) is 48.5 Å². The highest BCUT2D eigenvalue weighted by Crippen LogP contribution is 2.47. The minimum atomic E-state index is 0.619. The van der Waals surface area contributed by atoms with Crippen molar-refractivity contribution in [1.82, 2.24) is 4.57 Å². The highest BCUT2D eigenvalue weighted by atomic mass is 32.1. The van der Waals surface area contributed by atoms with Crippen molar-refractivity contribution in [2.45, 2.75) is 0 Å². The zero-order chi connectivity index (χ0) is 28.7. The van der Waals surface area contributed by atoms with Crippen LogP contribution in [0.4, 0.5) is 0 Å². The summed E-state index contributed by atoms with van der Waals surface area (Å²) in [6.45, 7) is 0. The maximum absolute atomic E-state index is 10.2. The summed E-state index contributed by atoms with van der Waals surface area (Å²) in [7, 11) is 0. The molecule has 0 aliphatic carbocycles. The van der Waals surface area contributed by atoms with Crippen molar-refractivity contribution in [1.29, 1.82) is 10.5 Å². The Bertz CT molecular complexity index is 2710. The molecule has 0 saturated heterocycles. The van der Waals surface area contributed by atoms with E-state index in [1.165, 1.54) is 0 Å². The molecular weight excluding hydrogens is 547 g/mol. The lowest BCUT2D eigenvalue weighted by atomic mass is 9.96. The Labute approximate surface area is 249 Å². The Kier molecular flexibility index (Phi) is 4.87. The molecule has 0 unspecified atom stereocenters. The van der Waals surface area contributed by atoms with Gasteiger partial charge in [0.05, 0.1) is 43.3 Å². The summed E-state index contributed by atoms with van der Waals surface area (Å²) in [5.41, 5.74) is 8.09. The second kappa shape index (κ2) is 8.81. The molecule has 5 heteroatoms. The Hall–Kier alpha value is -5.88. The van der Waals surface area contributed by atoms with E-state index in [2.05, 4.69) is 83.4 Å². The maximum atomic E-state index is 10.2. The highest BCUT2D eigenvalue weighted by molar-refractivity contribution is 7.26. The van der Waals surface area contributed by atoms with Gasteiger partial charge in [-0.05, 0) is 42.0 Å². The fourth-order valence-electron chi connectivity index (χ4n) is 6.63. The van der Waals surface area contributed by atoms with Crippen LogP contribution in [0.5, 0.6) is 0 Å². The number of aromatic nitrogens is 1. The van der Waals surface area contributed by atoms with E-state index in [0.717, 1.165) is 80.7 Å². The van der Waals surface area contributed by atoms with Crippen LogP contribution in [0.1, 0.15) is 11.1 Å². The van der Waals surface area contributed by atoms with E-state index >= 15 is 0 Å². The Balaban J connectivity index is 1.41. The smallest absolute Gasteiger partial charge is 0.143 e. The lowest BCUT2D eigenvalue weighted by Crippen LogP contribution is -1.94. The first kappa shape index (κ1) is 23.8. The predicted molar refractivity (Wildman–Crippen MR) is 176 cm³/mol. The van der Waals surface area contributed by atoms with Gasteiger partial charge in [-0.25, -0.2) is 0 Å². The number of hydrogen-bond donors (Lipinski definition) is 0. The molecule has 0 aliphatic heterocycles. The van der Waals surface area contributed by atoms with Gasteiger partial charge >= 0.3 is 0 Å². The second-order valence-electron chi connectivity index (χ2n) is 10.7. The van der Waals surface area contributed by atoms with Crippen LogP contribution in [-0.2, 0) is 0 Å². The lowest BCUT2D eigenvalue weighted by Gasteiger charge is -2.10. The quantitative estimate of drug-likeness (QED) is 0.209. The van der Waals surface area contributed by atoms with Crippen LogP contribution in [0, 0.1) is 22.7 Å². The van der Waals surface area contributed by atoms with Crippen molar-refractivity contribution < 1.29 is 4.42 Å². The first-order valence-corrected chi connectivity index (χ1v) is 14.8. The van der Waals surface area contributed by atoms with Gasteiger partial charge in [0.25, 0.3) is 0 Å². The molecule has 0 saturated carbocycles. The number of fused-ring (bicyclic) bond motifs is 9. The molecule has 0 fully saturated rings. The second-order valence-corrected chi connectivity index (χ2v) is 11.7. The third-order valence-corrected chi connectivity index (χ3v) is 9.75. The van der Waals surface area contributed by atoms with Gasteiger partial charge in [-0.3, -0.25) is 0 Å². The summed E-state index contributed by atoms with van der Waals surface area (Å²) in [5.74, 6) is 0. The highest BCUT2D eigenvalue weighted by Gasteiger charge is 2.21. The summed E-state index contributed by atoms with van der Waals surface area (Å²) >= 11 is 1.65. The molecule has 0 spiro atoms. The van der Waals surface area contributed by atoms with E-state index in [1.54, 1.807) is 11.3 Å². The molecule has 9 rings (SSSR count). The van der Waals surface area contributed by atoms with E-state index in [-0.39, 0.29) is 0 Å². The molecule has 9 aromatic rings.